The second kappa shape index (κ2) is 13.0. The molecule has 6 rings (SSSR count). The molecular weight excluding hydrogens is 586 g/mol. The highest BCUT2D eigenvalue weighted by molar-refractivity contribution is 8.02. The van der Waals surface area contributed by atoms with E-state index in [-0.39, 0.29) is 24.3 Å². The first kappa shape index (κ1) is 31.4. The molecule has 2 aromatic rings. The molecule has 0 saturated carbocycles. The molecule has 238 valence electrons. The third-order valence-corrected chi connectivity index (χ3v) is 11.4. The molecule has 1 N–H and O–H groups in total. The summed E-state index contributed by atoms with van der Waals surface area (Å²) in [5, 5.41) is 9.25. The molecule has 0 aliphatic carbocycles. The minimum Gasteiger partial charge on any atom is -0.494 e. The highest BCUT2D eigenvalue weighted by atomic mass is 32.2. The number of carbonyl (C=O) groups excluding carboxylic acids is 3. The second-order valence-corrected chi connectivity index (χ2v) is 14.3. The van der Waals surface area contributed by atoms with Gasteiger partial charge in [-0.2, -0.15) is 0 Å². The number of benzene rings is 2. The molecule has 0 bridgehead atoms. The number of unbranched alkanes of at least 4 members (excludes halogenated alkanes) is 3. The predicted molar refractivity (Wildman–Crippen MR) is 177 cm³/mol. The Balaban J connectivity index is 1.36. The molecule has 4 aliphatic heterocycles. The van der Waals surface area contributed by atoms with E-state index in [0.29, 0.717) is 32.8 Å². The fraction of sp³-hybridized carbons (Fsp3) is 0.472. The van der Waals surface area contributed by atoms with E-state index in [1.54, 1.807) is 21.6 Å². The van der Waals surface area contributed by atoms with Crippen molar-refractivity contribution in [1.29, 1.82) is 0 Å². The number of nitrogens with zero attached hydrogens (tertiary/aromatic N) is 3. The predicted octanol–water partition coefficient (Wildman–Crippen LogP) is 4.83. The smallest absolute Gasteiger partial charge is 0.247 e. The summed E-state index contributed by atoms with van der Waals surface area (Å²) in [6, 6.07) is 16.8. The van der Waals surface area contributed by atoms with Crippen LogP contribution >= 0.6 is 11.8 Å². The van der Waals surface area contributed by atoms with E-state index < -0.39 is 27.4 Å². The number of fused-ring (bicyclic) bond motifs is 2. The topological polar surface area (TPSA) is 90.4 Å². The normalized spacial score (nSPS) is 29.0. The van der Waals surface area contributed by atoms with E-state index in [9.17, 15) is 19.5 Å². The molecule has 2 saturated heterocycles. The van der Waals surface area contributed by atoms with Crippen molar-refractivity contribution in [3.8, 4) is 5.75 Å². The van der Waals surface area contributed by atoms with E-state index in [1.807, 2.05) is 78.6 Å². The van der Waals surface area contributed by atoms with Crippen LogP contribution in [0.5, 0.6) is 5.75 Å². The zero-order chi connectivity index (χ0) is 31.6. The Hall–Kier alpha value is -3.56. The molecule has 4 heterocycles. The van der Waals surface area contributed by atoms with Crippen LogP contribution in [0.1, 0.15) is 45.1 Å². The van der Waals surface area contributed by atoms with Crippen LogP contribution in [0, 0.1) is 11.8 Å². The number of ether oxygens (including phenoxy) is 1. The van der Waals surface area contributed by atoms with Gasteiger partial charge in [-0.3, -0.25) is 14.4 Å². The van der Waals surface area contributed by atoms with Crippen LogP contribution in [0.2, 0.25) is 0 Å². The van der Waals surface area contributed by atoms with Crippen LogP contribution in [0.4, 0.5) is 5.69 Å². The lowest BCUT2D eigenvalue weighted by molar-refractivity contribution is -0.143. The van der Waals surface area contributed by atoms with E-state index in [1.165, 1.54) is 0 Å². The Labute approximate surface area is 270 Å². The van der Waals surface area contributed by atoms with Gasteiger partial charge in [-0.15, -0.1) is 11.8 Å². The summed E-state index contributed by atoms with van der Waals surface area (Å²) in [6.45, 7) is 6.45. The molecular formula is C36H43N3O5S. The Morgan fingerprint density at radius 1 is 0.867 bits per heavy atom. The number of hydrogen-bond donors (Lipinski definition) is 1. The zero-order valence-corrected chi connectivity index (χ0v) is 27.0. The van der Waals surface area contributed by atoms with E-state index >= 15 is 0 Å². The molecule has 3 amide bonds. The summed E-state index contributed by atoms with van der Waals surface area (Å²) in [4.78, 5) is 49.3. The van der Waals surface area contributed by atoms with Crippen molar-refractivity contribution in [1.82, 2.24) is 9.80 Å². The molecule has 0 radical (unpaired) electrons. The van der Waals surface area contributed by atoms with E-state index in [4.69, 9.17) is 4.74 Å². The van der Waals surface area contributed by atoms with Crippen molar-refractivity contribution >= 4 is 35.2 Å². The molecule has 0 aromatic heterocycles. The van der Waals surface area contributed by atoms with Gasteiger partial charge in [0.1, 0.15) is 11.8 Å². The van der Waals surface area contributed by atoms with Crippen LogP contribution in [0.3, 0.4) is 0 Å². The average Bonchev–Trinajstić information content (AvgIpc) is 3.31. The fourth-order valence-electron chi connectivity index (χ4n) is 7.62. The van der Waals surface area contributed by atoms with Gasteiger partial charge < -0.3 is 24.5 Å². The summed E-state index contributed by atoms with van der Waals surface area (Å²) in [5.74, 6) is -0.845. The molecule has 2 aromatic carbocycles. The number of aliphatic hydroxyl groups excluding tert-OH is 1. The summed E-state index contributed by atoms with van der Waals surface area (Å²) in [6.07, 6.45) is 11.4. The van der Waals surface area contributed by atoms with Gasteiger partial charge in [0.2, 0.25) is 17.7 Å². The molecule has 45 heavy (non-hydrogen) atoms. The van der Waals surface area contributed by atoms with Crippen LogP contribution in [-0.2, 0) is 20.9 Å². The van der Waals surface area contributed by atoms with Crippen LogP contribution in [-0.4, -0.2) is 81.0 Å². The quantitative estimate of drug-likeness (QED) is 0.283. The highest BCUT2D eigenvalue weighted by Crippen LogP contribution is 2.65. The minimum atomic E-state index is -0.869. The molecule has 8 nitrogen and oxygen atoms in total. The summed E-state index contributed by atoms with van der Waals surface area (Å²) in [7, 11) is 0. The van der Waals surface area contributed by atoms with Gasteiger partial charge in [0, 0.05) is 43.2 Å². The number of anilines is 1. The van der Waals surface area contributed by atoms with Gasteiger partial charge in [0.05, 0.1) is 23.2 Å². The Morgan fingerprint density at radius 3 is 2.33 bits per heavy atom. The van der Waals surface area contributed by atoms with Gasteiger partial charge in [-0.1, -0.05) is 67.5 Å². The van der Waals surface area contributed by atoms with E-state index in [2.05, 4.69) is 19.1 Å². The fourth-order valence-corrected chi connectivity index (χ4v) is 9.78. The average molecular weight is 630 g/mol. The first-order valence-corrected chi connectivity index (χ1v) is 17.0. The third kappa shape index (κ3) is 5.69. The summed E-state index contributed by atoms with van der Waals surface area (Å²) < 4.78 is 4.09. The second-order valence-electron chi connectivity index (χ2n) is 12.6. The molecule has 5 atom stereocenters. The van der Waals surface area contributed by atoms with Crippen molar-refractivity contribution in [2.45, 2.75) is 61.6 Å². The van der Waals surface area contributed by atoms with Crippen molar-refractivity contribution in [2.24, 2.45) is 11.8 Å². The Morgan fingerprint density at radius 2 is 1.60 bits per heavy atom. The van der Waals surface area contributed by atoms with E-state index in [0.717, 1.165) is 42.7 Å². The van der Waals surface area contributed by atoms with Crippen molar-refractivity contribution in [2.75, 3.05) is 37.7 Å². The molecule has 1 spiro atoms. The van der Waals surface area contributed by atoms with Crippen LogP contribution in [0.15, 0.2) is 78.9 Å². The Bertz CT molecular complexity index is 1460. The number of aliphatic hydroxyl groups is 1. The Kier molecular flexibility index (Phi) is 9.11. The molecule has 2 fully saturated rings. The maximum absolute atomic E-state index is 14.7. The number of thioether (sulfide) groups is 1. The van der Waals surface area contributed by atoms with Crippen LogP contribution in [0.25, 0.3) is 0 Å². The van der Waals surface area contributed by atoms with Crippen molar-refractivity contribution in [3.63, 3.8) is 0 Å². The maximum atomic E-state index is 14.7. The maximum Gasteiger partial charge on any atom is 0.247 e. The monoisotopic (exact) mass is 629 g/mol. The third-order valence-electron chi connectivity index (χ3n) is 9.62. The first-order valence-electron chi connectivity index (χ1n) is 16.2. The molecule has 1 unspecified atom stereocenters. The molecule has 4 aliphatic rings. The summed E-state index contributed by atoms with van der Waals surface area (Å²) >= 11 is 1.62. The van der Waals surface area contributed by atoms with Crippen molar-refractivity contribution in [3.05, 3.63) is 84.5 Å². The zero-order valence-electron chi connectivity index (χ0n) is 26.1. The number of rotatable bonds is 11. The SMILES string of the molecule is CCOc1ccc(N2CC=C[C@]3(C)S[C@]45C=CCN(Cc6ccccc6)C(=O)C4N(CCCCCCO)C(=O)[C@@H]5[C@@H]3C2=O)cc1. The minimum absolute atomic E-state index is 0.0672. The van der Waals surface area contributed by atoms with Gasteiger partial charge in [-0.05, 0) is 56.5 Å². The van der Waals surface area contributed by atoms with Crippen LogP contribution < -0.4 is 9.64 Å². The van der Waals surface area contributed by atoms with Crippen molar-refractivity contribution < 1.29 is 24.2 Å². The number of hydrogen-bond acceptors (Lipinski definition) is 6. The highest BCUT2D eigenvalue weighted by Gasteiger charge is 2.73. The lowest BCUT2D eigenvalue weighted by Crippen LogP contribution is -2.53. The molecule has 9 heteroatoms. The van der Waals surface area contributed by atoms with Gasteiger partial charge in [0.15, 0.2) is 0 Å². The van der Waals surface area contributed by atoms with Gasteiger partial charge >= 0.3 is 0 Å². The lowest BCUT2D eigenvalue weighted by atomic mass is 9.74. The first-order chi connectivity index (χ1) is 21.8. The lowest BCUT2D eigenvalue weighted by Gasteiger charge is -2.37. The standard InChI is InChI=1S/C36H43N3O5S/c1-3-44-28-17-15-27(16-18-28)38-23-11-19-35(2)29(32(38)41)30-33(42)39(22-9-4-5-10-24-40)31-34(43)37(21-12-20-36(30,31)45-35)25-26-13-7-6-8-14-26/h6-8,11-20,29-31,40H,3-5,9-10,21-25H2,1-2H3/t29-,30+,31?,35+,36+/m1/s1. The summed E-state index contributed by atoms with van der Waals surface area (Å²) in [5.41, 5.74) is 1.79. The van der Waals surface area contributed by atoms with Gasteiger partial charge in [0.25, 0.3) is 0 Å². The number of amides is 3. The largest absolute Gasteiger partial charge is 0.494 e. The number of likely N-dealkylation sites (tertiary alicyclic amines) is 1. The van der Waals surface area contributed by atoms with Gasteiger partial charge in [-0.25, -0.2) is 0 Å². The number of carbonyl (C=O) groups is 3.